The molecule has 0 saturated carbocycles. The van der Waals surface area contributed by atoms with Crippen molar-refractivity contribution in [1.29, 1.82) is 0 Å². The number of ether oxygens (including phenoxy) is 1. The van der Waals surface area contributed by atoms with Crippen LogP contribution in [-0.4, -0.2) is 59.1 Å². The van der Waals surface area contributed by atoms with Crippen molar-refractivity contribution in [1.82, 2.24) is 15.2 Å². The first-order chi connectivity index (χ1) is 12.8. The van der Waals surface area contributed by atoms with Gasteiger partial charge in [0.05, 0.1) is 24.1 Å². The van der Waals surface area contributed by atoms with E-state index in [9.17, 15) is 4.79 Å². The number of nitrogens with zero attached hydrogens (tertiary/aromatic N) is 2. The zero-order valence-corrected chi connectivity index (χ0v) is 16.4. The first-order valence-electron chi connectivity index (χ1n) is 9.92. The molecule has 3 heterocycles. The maximum atomic E-state index is 13.0. The second-order valence-electron chi connectivity index (χ2n) is 7.18. The molecule has 2 atom stereocenters. The van der Waals surface area contributed by atoms with E-state index >= 15 is 0 Å². The number of hydrogen-bond donors (Lipinski definition) is 1. The summed E-state index contributed by atoms with van der Waals surface area (Å²) in [6.45, 7) is 3.53. The van der Waals surface area contributed by atoms with Crippen LogP contribution in [0.15, 0.2) is 24.4 Å². The average molecular weight is 378 g/mol. The molecule has 2 saturated heterocycles. The third kappa shape index (κ3) is 6.25. The Bertz CT molecular complexity index is 529. The quantitative estimate of drug-likeness (QED) is 0.792. The molecule has 26 heavy (non-hydrogen) atoms. The molecule has 1 N–H and O–H groups in total. The van der Waals surface area contributed by atoms with Gasteiger partial charge in [0, 0.05) is 24.6 Å². The highest BCUT2D eigenvalue weighted by Gasteiger charge is 2.25. The summed E-state index contributed by atoms with van der Waals surface area (Å²) < 4.78 is 5.78. The predicted octanol–water partition coefficient (Wildman–Crippen LogP) is 2.85. The van der Waals surface area contributed by atoms with E-state index in [2.05, 4.69) is 15.2 Å². The number of pyridine rings is 1. The number of carbonyl (C=O) groups is 1. The van der Waals surface area contributed by atoms with Crippen molar-refractivity contribution in [2.45, 2.75) is 57.2 Å². The van der Waals surface area contributed by atoms with E-state index in [-0.39, 0.29) is 5.91 Å². The molecule has 1 aromatic heterocycles. The van der Waals surface area contributed by atoms with Crippen molar-refractivity contribution in [2.24, 2.45) is 0 Å². The van der Waals surface area contributed by atoms with Crippen LogP contribution in [-0.2, 0) is 16.1 Å². The van der Waals surface area contributed by atoms with Crippen molar-refractivity contribution in [2.75, 3.05) is 31.2 Å². The number of amides is 1. The second-order valence-corrected chi connectivity index (χ2v) is 8.21. The summed E-state index contributed by atoms with van der Waals surface area (Å²) in [6.07, 6.45) is 8.91. The predicted molar refractivity (Wildman–Crippen MR) is 106 cm³/mol. The third-order valence-electron chi connectivity index (χ3n) is 5.17. The molecule has 2 aliphatic heterocycles. The Morgan fingerprint density at radius 3 is 3.00 bits per heavy atom. The summed E-state index contributed by atoms with van der Waals surface area (Å²) >= 11 is 1.72. The Labute approximate surface area is 161 Å². The summed E-state index contributed by atoms with van der Waals surface area (Å²) in [5, 5.41) is 3.45. The van der Waals surface area contributed by atoms with Crippen LogP contribution in [0.1, 0.15) is 44.2 Å². The van der Waals surface area contributed by atoms with E-state index in [1.807, 2.05) is 24.4 Å². The van der Waals surface area contributed by atoms with Crippen LogP contribution in [0, 0.1) is 0 Å². The number of hydrogen-bond acceptors (Lipinski definition) is 5. The van der Waals surface area contributed by atoms with Crippen LogP contribution in [0.2, 0.25) is 0 Å². The highest BCUT2D eigenvalue weighted by molar-refractivity contribution is 7.99. The molecular formula is C20H31N3O2S. The fourth-order valence-electron chi connectivity index (χ4n) is 3.70. The summed E-state index contributed by atoms with van der Waals surface area (Å²) in [5.41, 5.74) is 0.971. The molecule has 0 radical (unpaired) electrons. The van der Waals surface area contributed by atoms with Gasteiger partial charge in [-0.3, -0.25) is 9.78 Å². The van der Waals surface area contributed by atoms with Crippen molar-refractivity contribution < 1.29 is 9.53 Å². The first kappa shape index (κ1) is 19.6. The maximum absolute atomic E-state index is 13.0. The summed E-state index contributed by atoms with van der Waals surface area (Å²) in [6, 6.07) is 6.24. The van der Waals surface area contributed by atoms with Gasteiger partial charge in [-0.15, -0.1) is 11.8 Å². The Balaban J connectivity index is 1.56. The molecule has 0 aromatic carbocycles. The number of thioether (sulfide) groups is 1. The zero-order chi connectivity index (χ0) is 18.0. The van der Waals surface area contributed by atoms with Gasteiger partial charge in [-0.25, -0.2) is 0 Å². The fraction of sp³-hybridized carbons (Fsp3) is 0.700. The SMILES string of the molecule is O=C(CSCC1CCCCO1)N(Cc1ccccn1)C1CCCNCC1. The number of carbonyl (C=O) groups excluding carboxylic acids is 1. The molecule has 144 valence electrons. The van der Waals surface area contributed by atoms with Crippen molar-refractivity contribution in [3.8, 4) is 0 Å². The maximum Gasteiger partial charge on any atom is 0.233 e. The van der Waals surface area contributed by atoms with Gasteiger partial charge in [0.1, 0.15) is 0 Å². The van der Waals surface area contributed by atoms with Crippen LogP contribution in [0.4, 0.5) is 0 Å². The van der Waals surface area contributed by atoms with E-state index in [1.54, 1.807) is 11.8 Å². The van der Waals surface area contributed by atoms with Gasteiger partial charge in [-0.1, -0.05) is 6.07 Å². The van der Waals surface area contributed by atoms with Crippen LogP contribution >= 0.6 is 11.8 Å². The molecule has 2 fully saturated rings. The minimum absolute atomic E-state index is 0.239. The molecule has 6 heteroatoms. The normalized spacial score (nSPS) is 24.0. The molecule has 1 aromatic rings. The monoisotopic (exact) mass is 377 g/mol. The molecule has 0 spiro atoms. The molecular weight excluding hydrogens is 346 g/mol. The van der Waals surface area contributed by atoms with Crippen molar-refractivity contribution in [3.05, 3.63) is 30.1 Å². The van der Waals surface area contributed by atoms with Gasteiger partial charge in [-0.2, -0.15) is 0 Å². The van der Waals surface area contributed by atoms with Gasteiger partial charge in [-0.05, 0) is 63.7 Å². The molecule has 5 nitrogen and oxygen atoms in total. The Morgan fingerprint density at radius 2 is 2.19 bits per heavy atom. The Kier molecular flexibility index (Phi) is 8.24. The molecule has 0 aliphatic carbocycles. The minimum Gasteiger partial charge on any atom is -0.377 e. The van der Waals surface area contributed by atoms with Crippen molar-refractivity contribution in [3.63, 3.8) is 0 Å². The number of rotatable bonds is 7. The Hall–Kier alpha value is -1.11. The fourth-order valence-corrected chi connectivity index (χ4v) is 4.68. The van der Waals surface area contributed by atoms with Gasteiger partial charge >= 0.3 is 0 Å². The average Bonchev–Trinajstić information content (AvgIpc) is 2.97. The van der Waals surface area contributed by atoms with E-state index in [4.69, 9.17) is 4.74 Å². The summed E-state index contributed by atoms with van der Waals surface area (Å²) in [4.78, 5) is 19.5. The van der Waals surface area contributed by atoms with E-state index in [0.717, 1.165) is 56.8 Å². The van der Waals surface area contributed by atoms with E-state index in [0.29, 0.717) is 24.4 Å². The van der Waals surface area contributed by atoms with Gasteiger partial charge < -0.3 is 15.0 Å². The number of aromatic nitrogens is 1. The lowest BCUT2D eigenvalue weighted by Crippen LogP contribution is -2.41. The standard InChI is InChI=1S/C20H31N3O2S/c24-20(16-26-15-19-8-2-4-13-25-19)23(14-17-6-1-3-11-22-17)18-7-5-10-21-12-9-18/h1,3,6,11,18-19,21H,2,4-5,7-10,12-16H2. The van der Waals surface area contributed by atoms with E-state index in [1.165, 1.54) is 12.8 Å². The van der Waals surface area contributed by atoms with Crippen LogP contribution in [0.3, 0.4) is 0 Å². The second kappa shape index (κ2) is 10.9. The largest absolute Gasteiger partial charge is 0.377 e. The lowest BCUT2D eigenvalue weighted by molar-refractivity contribution is -0.131. The van der Waals surface area contributed by atoms with Crippen molar-refractivity contribution >= 4 is 17.7 Å². The first-order valence-corrected chi connectivity index (χ1v) is 11.1. The highest BCUT2D eigenvalue weighted by atomic mass is 32.2. The topological polar surface area (TPSA) is 54.5 Å². The summed E-state index contributed by atoms with van der Waals surface area (Å²) in [7, 11) is 0. The minimum atomic E-state index is 0.239. The van der Waals surface area contributed by atoms with Crippen LogP contribution in [0.25, 0.3) is 0 Å². The zero-order valence-electron chi connectivity index (χ0n) is 15.6. The van der Waals surface area contributed by atoms with Gasteiger partial charge in [0.25, 0.3) is 0 Å². The molecule has 2 unspecified atom stereocenters. The Morgan fingerprint density at radius 1 is 1.23 bits per heavy atom. The number of nitrogens with one attached hydrogen (secondary N) is 1. The molecule has 0 bridgehead atoms. The van der Waals surface area contributed by atoms with E-state index < -0.39 is 0 Å². The molecule has 1 amide bonds. The lowest BCUT2D eigenvalue weighted by Gasteiger charge is -2.31. The molecule has 3 rings (SSSR count). The third-order valence-corrected chi connectivity index (χ3v) is 6.23. The highest BCUT2D eigenvalue weighted by Crippen LogP contribution is 2.20. The van der Waals surface area contributed by atoms with Crippen LogP contribution in [0.5, 0.6) is 0 Å². The smallest absolute Gasteiger partial charge is 0.233 e. The van der Waals surface area contributed by atoms with Gasteiger partial charge in [0.2, 0.25) is 5.91 Å². The molecule has 2 aliphatic rings. The lowest BCUT2D eigenvalue weighted by atomic mass is 10.1. The van der Waals surface area contributed by atoms with Crippen LogP contribution < -0.4 is 5.32 Å². The van der Waals surface area contributed by atoms with Gasteiger partial charge in [0.15, 0.2) is 0 Å². The summed E-state index contributed by atoms with van der Waals surface area (Å²) in [5.74, 6) is 1.70.